The van der Waals surface area contributed by atoms with Gasteiger partial charge in [0.1, 0.15) is 11.4 Å². The molecular formula is C30H28FNO5. The van der Waals surface area contributed by atoms with E-state index >= 15 is 0 Å². The van der Waals surface area contributed by atoms with Crippen molar-refractivity contribution in [2.45, 2.75) is 38.6 Å². The van der Waals surface area contributed by atoms with Crippen LogP contribution in [0.5, 0.6) is 11.5 Å². The highest BCUT2D eigenvalue weighted by atomic mass is 19.1. The minimum Gasteiger partial charge on any atom is -0.493 e. The van der Waals surface area contributed by atoms with Gasteiger partial charge in [0.25, 0.3) is 5.91 Å². The Morgan fingerprint density at radius 2 is 1.76 bits per heavy atom. The lowest BCUT2D eigenvalue weighted by Crippen LogP contribution is -2.29. The van der Waals surface area contributed by atoms with Gasteiger partial charge in [0, 0.05) is 5.69 Å². The molecule has 0 aliphatic carbocycles. The number of carbonyl (C=O) groups excluding carboxylic acids is 1. The number of amides is 1. The summed E-state index contributed by atoms with van der Waals surface area (Å²) in [6.07, 6.45) is 4.34. The molecule has 6 nitrogen and oxygen atoms in total. The number of fused-ring (bicyclic) bond motifs is 2. The van der Waals surface area contributed by atoms with Gasteiger partial charge in [-0.05, 0) is 54.4 Å². The number of rotatable bonds is 9. The van der Waals surface area contributed by atoms with Crippen LogP contribution in [0.25, 0.3) is 11.0 Å². The summed E-state index contributed by atoms with van der Waals surface area (Å²) < 4.78 is 31.5. The third kappa shape index (κ3) is 4.57. The first kappa shape index (κ1) is 24.6. The third-order valence-corrected chi connectivity index (χ3v) is 6.63. The highest BCUT2D eigenvalue weighted by Crippen LogP contribution is 2.43. The van der Waals surface area contributed by atoms with Crippen molar-refractivity contribution in [3.8, 4) is 11.5 Å². The predicted octanol–water partition coefficient (Wildman–Crippen LogP) is 6.65. The molecule has 1 aliphatic rings. The third-order valence-electron chi connectivity index (χ3n) is 6.63. The second-order valence-corrected chi connectivity index (χ2v) is 9.05. The van der Waals surface area contributed by atoms with Gasteiger partial charge in [0.05, 0.1) is 30.7 Å². The Balaban J connectivity index is 1.62. The molecule has 1 unspecified atom stereocenters. The van der Waals surface area contributed by atoms with E-state index in [1.807, 2.05) is 24.3 Å². The van der Waals surface area contributed by atoms with Crippen molar-refractivity contribution in [3.05, 3.63) is 99.7 Å². The van der Waals surface area contributed by atoms with E-state index in [4.69, 9.17) is 13.9 Å². The van der Waals surface area contributed by atoms with Crippen LogP contribution in [0.1, 0.15) is 60.3 Å². The van der Waals surface area contributed by atoms with Crippen LogP contribution >= 0.6 is 0 Å². The van der Waals surface area contributed by atoms with E-state index in [2.05, 4.69) is 6.92 Å². The molecule has 0 radical (unpaired) electrons. The Morgan fingerprint density at radius 1 is 0.946 bits per heavy atom. The average Bonchev–Trinajstić information content (AvgIpc) is 3.22. The van der Waals surface area contributed by atoms with E-state index in [1.54, 1.807) is 31.4 Å². The number of unbranched alkanes of at least 4 members (excludes halogenated alkanes) is 3. The summed E-state index contributed by atoms with van der Waals surface area (Å²) in [5, 5.41) is 0.0884. The number of halogens is 1. The standard InChI is InChI=1S/C30H28FNO5/c1-3-4-5-9-16-36-24-14-12-19(17-25(24)35-2)27-26-28(33)22-18-20(31)13-15-23(22)37-29(26)30(34)32(27)21-10-7-6-8-11-21/h6-8,10-15,17-18,27H,3-5,9,16H2,1-2H3. The van der Waals surface area contributed by atoms with Crippen molar-refractivity contribution in [2.75, 3.05) is 18.6 Å². The van der Waals surface area contributed by atoms with Gasteiger partial charge in [-0.25, -0.2) is 4.39 Å². The number of benzene rings is 3. The minimum absolute atomic E-state index is 0.0480. The topological polar surface area (TPSA) is 69.0 Å². The number of para-hydroxylation sites is 1. The fraction of sp³-hybridized carbons (Fsp3) is 0.267. The molecule has 37 heavy (non-hydrogen) atoms. The maximum Gasteiger partial charge on any atom is 0.295 e. The summed E-state index contributed by atoms with van der Waals surface area (Å²) in [7, 11) is 1.55. The van der Waals surface area contributed by atoms with Crippen LogP contribution in [-0.4, -0.2) is 19.6 Å². The maximum absolute atomic E-state index is 14.0. The van der Waals surface area contributed by atoms with Gasteiger partial charge >= 0.3 is 0 Å². The highest BCUT2D eigenvalue weighted by molar-refractivity contribution is 6.10. The number of hydrogen-bond donors (Lipinski definition) is 0. The first-order valence-corrected chi connectivity index (χ1v) is 12.5. The van der Waals surface area contributed by atoms with Crippen molar-refractivity contribution < 1.29 is 23.1 Å². The van der Waals surface area contributed by atoms with Gasteiger partial charge in [-0.2, -0.15) is 0 Å². The Bertz CT molecular complexity index is 1500. The molecule has 0 saturated heterocycles. The monoisotopic (exact) mass is 501 g/mol. The summed E-state index contributed by atoms with van der Waals surface area (Å²) in [5.74, 6) is 0.0462. The van der Waals surface area contributed by atoms with Gasteiger partial charge < -0.3 is 13.9 Å². The number of nitrogens with zero attached hydrogens (tertiary/aromatic N) is 1. The molecule has 0 N–H and O–H groups in total. The fourth-order valence-electron chi connectivity index (χ4n) is 4.80. The Labute approximate surface area is 214 Å². The van der Waals surface area contributed by atoms with Gasteiger partial charge in [0.2, 0.25) is 5.76 Å². The Kier molecular flexibility index (Phi) is 6.95. The molecule has 3 aromatic carbocycles. The molecule has 0 spiro atoms. The maximum atomic E-state index is 14.0. The lowest BCUT2D eigenvalue weighted by Gasteiger charge is -2.26. The zero-order chi connectivity index (χ0) is 25.9. The number of ether oxygens (including phenoxy) is 2. The second kappa shape index (κ2) is 10.5. The molecule has 1 amide bonds. The zero-order valence-electron chi connectivity index (χ0n) is 20.8. The molecule has 0 saturated carbocycles. The summed E-state index contributed by atoms with van der Waals surface area (Å²) >= 11 is 0. The minimum atomic E-state index is -0.790. The van der Waals surface area contributed by atoms with Gasteiger partial charge in [-0.1, -0.05) is 50.5 Å². The molecular weight excluding hydrogens is 473 g/mol. The fourth-order valence-corrected chi connectivity index (χ4v) is 4.80. The molecule has 7 heteroatoms. The number of methoxy groups -OCH3 is 1. The molecule has 0 bridgehead atoms. The van der Waals surface area contributed by atoms with E-state index in [0.717, 1.165) is 31.7 Å². The van der Waals surface area contributed by atoms with E-state index < -0.39 is 23.2 Å². The highest BCUT2D eigenvalue weighted by Gasteiger charge is 2.44. The van der Waals surface area contributed by atoms with Crippen LogP contribution in [0.4, 0.5) is 10.1 Å². The molecule has 4 aromatic rings. The van der Waals surface area contributed by atoms with Crippen LogP contribution < -0.4 is 19.8 Å². The van der Waals surface area contributed by atoms with E-state index in [9.17, 15) is 14.0 Å². The normalized spacial score (nSPS) is 14.7. The summed E-state index contributed by atoms with van der Waals surface area (Å²) in [6, 6.07) is 17.4. The largest absolute Gasteiger partial charge is 0.493 e. The number of anilines is 1. The van der Waals surface area contributed by atoms with E-state index in [0.29, 0.717) is 29.4 Å². The Hall–Kier alpha value is -4.13. The van der Waals surface area contributed by atoms with Crippen molar-refractivity contribution in [1.82, 2.24) is 0 Å². The number of carbonyl (C=O) groups is 1. The van der Waals surface area contributed by atoms with Crippen molar-refractivity contribution in [2.24, 2.45) is 0 Å². The lowest BCUT2D eigenvalue weighted by molar-refractivity contribution is 0.0971. The van der Waals surface area contributed by atoms with Crippen molar-refractivity contribution in [1.29, 1.82) is 0 Å². The SMILES string of the molecule is CCCCCCOc1ccc(C2c3c(oc4ccc(F)cc4c3=O)C(=O)N2c2ccccc2)cc1OC. The van der Waals surface area contributed by atoms with E-state index in [-0.39, 0.29) is 22.3 Å². The van der Waals surface area contributed by atoms with Crippen LogP contribution in [0, 0.1) is 5.82 Å². The first-order valence-electron chi connectivity index (χ1n) is 12.5. The summed E-state index contributed by atoms with van der Waals surface area (Å²) in [6.45, 7) is 2.73. The molecule has 5 rings (SSSR count). The Morgan fingerprint density at radius 3 is 2.51 bits per heavy atom. The molecule has 190 valence electrons. The molecule has 2 heterocycles. The lowest BCUT2D eigenvalue weighted by atomic mass is 9.97. The van der Waals surface area contributed by atoms with Crippen molar-refractivity contribution in [3.63, 3.8) is 0 Å². The average molecular weight is 502 g/mol. The molecule has 1 atom stereocenters. The van der Waals surface area contributed by atoms with Crippen LogP contribution in [0.3, 0.4) is 0 Å². The molecule has 1 aliphatic heterocycles. The summed E-state index contributed by atoms with van der Waals surface area (Å²) in [5.41, 5.74) is 1.14. The zero-order valence-corrected chi connectivity index (χ0v) is 20.8. The van der Waals surface area contributed by atoms with Crippen molar-refractivity contribution >= 4 is 22.6 Å². The molecule has 0 fully saturated rings. The van der Waals surface area contributed by atoms with Gasteiger partial charge in [-0.15, -0.1) is 0 Å². The second-order valence-electron chi connectivity index (χ2n) is 9.05. The van der Waals surface area contributed by atoms with Crippen LogP contribution in [-0.2, 0) is 0 Å². The first-order chi connectivity index (χ1) is 18.0. The van der Waals surface area contributed by atoms with Gasteiger partial charge in [-0.3, -0.25) is 14.5 Å². The van der Waals surface area contributed by atoms with E-state index in [1.165, 1.54) is 17.0 Å². The predicted molar refractivity (Wildman–Crippen MR) is 140 cm³/mol. The molecule has 1 aromatic heterocycles. The summed E-state index contributed by atoms with van der Waals surface area (Å²) in [4.78, 5) is 28.9. The van der Waals surface area contributed by atoms with Crippen LogP contribution in [0.15, 0.2) is 75.9 Å². The quantitative estimate of drug-likeness (QED) is 0.240. The van der Waals surface area contributed by atoms with Gasteiger partial charge in [0.15, 0.2) is 16.9 Å². The van der Waals surface area contributed by atoms with Crippen LogP contribution in [0.2, 0.25) is 0 Å². The smallest absolute Gasteiger partial charge is 0.295 e. The number of hydrogen-bond acceptors (Lipinski definition) is 5.